The van der Waals surface area contributed by atoms with E-state index in [2.05, 4.69) is 36.2 Å². The zero-order valence-electron chi connectivity index (χ0n) is 10.6. The average Bonchev–Trinajstić information content (AvgIpc) is 2.29. The number of hydrogen-bond acceptors (Lipinski definition) is 2. The molecular weight excluding hydrogens is 232 g/mol. The molecule has 2 nitrogen and oxygen atoms in total. The Bertz CT molecular complexity index is 367. The Morgan fingerprint density at radius 2 is 2.35 bits per heavy atom. The third-order valence-electron chi connectivity index (χ3n) is 3.40. The van der Waals surface area contributed by atoms with Gasteiger partial charge in [0.15, 0.2) is 0 Å². The van der Waals surface area contributed by atoms with E-state index < -0.39 is 0 Å². The van der Waals surface area contributed by atoms with E-state index in [1.54, 1.807) is 0 Å². The maximum absolute atomic E-state index is 6.03. The van der Waals surface area contributed by atoms with Gasteiger partial charge < -0.3 is 5.32 Å². The van der Waals surface area contributed by atoms with Gasteiger partial charge in [0.2, 0.25) is 0 Å². The van der Waals surface area contributed by atoms with Crippen LogP contribution in [0, 0.1) is 0 Å². The molecule has 1 heterocycles. The van der Waals surface area contributed by atoms with Crippen molar-refractivity contribution in [2.75, 3.05) is 26.2 Å². The maximum Gasteiger partial charge on any atom is 0.0408 e. The van der Waals surface area contributed by atoms with Crippen LogP contribution in [0.5, 0.6) is 0 Å². The zero-order valence-corrected chi connectivity index (χ0v) is 11.4. The molecule has 1 aliphatic heterocycles. The van der Waals surface area contributed by atoms with E-state index in [4.69, 9.17) is 11.6 Å². The van der Waals surface area contributed by atoms with Gasteiger partial charge in [-0.25, -0.2) is 0 Å². The molecule has 0 radical (unpaired) electrons. The quantitative estimate of drug-likeness (QED) is 0.890. The minimum atomic E-state index is 0.541. The largest absolute Gasteiger partial charge is 0.312 e. The van der Waals surface area contributed by atoms with Crippen molar-refractivity contribution < 1.29 is 0 Å². The van der Waals surface area contributed by atoms with Gasteiger partial charge in [-0.3, -0.25) is 4.90 Å². The first kappa shape index (κ1) is 12.9. The Labute approximate surface area is 109 Å². The topological polar surface area (TPSA) is 15.3 Å². The number of nitrogens with zero attached hydrogens (tertiary/aromatic N) is 1. The first-order valence-electron chi connectivity index (χ1n) is 6.36. The van der Waals surface area contributed by atoms with Crippen LogP contribution in [0.2, 0.25) is 5.02 Å². The number of piperazine rings is 1. The van der Waals surface area contributed by atoms with Crippen molar-refractivity contribution in [2.45, 2.75) is 25.8 Å². The van der Waals surface area contributed by atoms with Crippen molar-refractivity contribution in [2.24, 2.45) is 0 Å². The van der Waals surface area contributed by atoms with Crippen LogP contribution in [-0.2, 0) is 0 Å². The van der Waals surface area contributed by atoms with E-state index in [0.29, 0.717) is 12.0 Å². The molecule has 2 atom stereocenters. The Balaban J connectivity index is 1.94. The highest BCUT2D eigenvalue weighted by Gasteiger charge is 2.18. The number of nitrogens with one attached hydrogen (secondary N) is 1. The van der Waals surface area contributed by atoms with Gasteiger partial charge in [0, 0.05) is 37.2 Å². The van der Waals surface area contributed by atoms with Crippen LogP contribution in [0.4, 0.5) is 0 Å². The van der Waals surface area contributed by atoms with E-state index in [1.165, 1.54) is 5.56 Å². The lowest BCUT2D eigenvalue weighted by molar-refractivity contribution is 0.199. The predicted octanol–water partition coefficient (Wildman–Crippen LogP) is 2.74. The lowest BCUT2D eigenvalue weighted by Gasteiger charge is -2.33. The van der Waals surface area contributed by atoms with E-state index in [1.807, 2.05) is 12.1 Å². The van der Waals surface area contributed by atoms with Crippen molar-refractivity contribution in [3.63, 3.8) is 0 Å². The van der Waals surface area contributed by atoms with Crippen molar-refractivity contribution in [1.82, 2.24) is 10.2 Å². The highest BCUT2D eigenvalue weighted by molar-refractivity contribution is 6.30. The van der Waals surface area contributed by atoms with Gasteiger partial charge in [0.05, 0.1) is 0 Å². The fourth-order valence-electron chi connectivity index (χ4n) is 2.48. The van der Waals surface area contributed by atoms with E-state index in [9.17, 15) is 0 Å². The summed E-state index contributed by atoms with van der Waals surface area (Å²) < 4.78 is 0. The second-order valence-electron chi connectivity index (χ2n) is 5.07. The molecule has 17 heavy (non-hydrogen) atoms. The van der Waals surface area contributed by atoms with Crippen LogP contribution < -0.4 is 5.32 Å². The van der Waals surface area contributed by atoms with E-state index in [0.717, 1.165) is 31.2 Å². The molecule has 1 aliphatic rings. The van der Waals surface area contributed by atoms with E-state index in [-0.39, 0.29) is 0 Å². The van der Waals surface area contributed by atoms with Crippen LogP contribution in [0.15, 0.2) is 24.3 Å². The summed E-state index contributed by atoms with van der Waals surface area (Å²) in [6.45, 7) is 9.03. The molecule has 0 aromatic heterocycles. The van der Waals surface area contributed by atoms with Crippen LogP contribution in [0.25, 0.3) is 0 Å². The average molecular weight is 253 g/mol. The van der Waals surface area contributed by atoms with Gasteiger partial charge in [0.25, 0.3) is 0 Å². The van der Waals surface area contributed by atoms with Gasteiger partial charge in [0.1, 0.15) is 0 Å². The minimum Gasteiger partial charge on any atom is -0.312 e. The fraction of sp³-hybridized carbons (Fsp3) is 0.571. The molecule has 1 aromatic carbocycles. The first-order chi connectivity index (χ1) is 8.15. The smallest absolute Gasteiger partial charge is 0.0408 e. The van der Waals surface area contributed by atoms with Crippen molar-refractivity contribution >= 4 is 11.6 Å². The summed E-state index contributed by atoms with van der Waals surface area (Å²) in [5, 5.41) is 4.31. The van der Waals surface area contributed by atoms with Gasteiger partial charge in [-0.1, -0.05) is 30.7 Å². The van der Waals surface area contributed by atoms with Gasteiger partial charge in [-0.05, 0) is 30.5 Å². The third-order valence-corrected chi connectivity index (χ3v) is 3.64. The molecule has 1 saturated heterocycles. The molecule has 0 saturated carbocycles. The monoisotopic (exact) mass is 252 g/mol. The Kier molecular flexibility index (Phi) is 4.43. The number of hydrogen-bond donors (Lipinski definition) is 1. The molecule has 3 heteroatoms. The molecule has 1 aromatic rings. The zero-order chi connectivity index (χ0) is 12.3. The second-order valence-corrected chi connectivity index (χ2v) is 5.51. The SMILES string of the molecule is CC(CN1CCN[C@H](C)C1)c1cccc(Cl)c1. The Hall–Kier alpha value is -0.570. The molecular formula is C14H21ClN2. The van der Waals surface area contributed by atoms with Gasteiger partial charge >= 0.3 is 0 Å². The molecule has 1 unspecified atom stereocenters. The van der Waals surface area contributed by atoms with Crippen molar-refractivity contribution in [3.05, 3.63) is 34.9 Å². The lowest BCUT2D eigenvalue weighted by Crippen LogP contribution is -2.49. The molecule has 94 valence electrons. The van der Waals surface area contributed by atoms with Crippen LogP contribution in [0.3, 0.4) is 0 Å². The lowest BCUT2D eigenvalue weighted by atomic mass is 10.00. The number of benzene rings is 1. The summed E-state index contributed by atoms with van der Waals surface area (Å²) in [6.07, 6.45) is 0. The molecule has 0 aliphatic carbocycles. The summed E-state index contributed by atoms with van der Waals surface area (Å²) in [7, 11) is 0. The summed E-state index contributed by atoms with van der Waals surface area (Å²) >= 11 is 6.03. The Morgan fingerprint density at radius 3 is 3.06 bits per heavy atom. The molecule has 2 rings (SSSR count). The first-order valence-corrected chi connectivity index (χ1v) is 6.74. The maximum atomic E-state index is 6.03. The normalized spacial score (nSPS) is 23.6. The van der Waals surface area contributed by atoms with Crippen molar-refractivity contribution in [1.29, 1.82) is 0 Å². The van der Waals surface area contributed by atoms with Crippen molar-refractivity contribution in [3.8, 4) is 0 Å². The Morgan fingerprint density at radius 1 is 1.53 bits per heavy atom. The standard InChI is InChI=1S/C14H21ClN2/c1-11(13-4-3-5-14(15)8-13)9-17-7-6-16-12(2)10-17/h3-5,8,11-12,16H,6-7,9-10H2,1-2H3/t11?,12-/m1/s1. The molecule has 0 spiro atoms. The molecule has 0 bridgehead atoms. The van der Waals surface area contributed by atoms with E-state index >= 15 is 0 Å². The number of rotatable bonds is 3. The van der Waals surface area contributed by atoms with Crippen LogP contribution in [-0.4, -0.2) is 37.1 Å². The summed E-state index contributed by atoms with van der Waals surface area (Å²) in [5.41, 5.74) is 1.34. The van der Waals surface area contributed by atoms with Crippen LogP contribution in [0.1, 0.15) is 25.3 Å². The highest BCUT2D eigenvalue weighted by atomic mass is 35.5. The minimum absolute atomic E-state index is 0.541. The molecule has 1 N–H and O–H groups in total. The molecule has 0 amide bonds. The van der Waals surface area contributed by atoms with Crippen LogP contribution >= 0.6 is 11.6 Å². The summed E-state index contributed by atoms with van der Waals surface area (Å²) in [6, 6.07) is 8.83. The summed E-state index contributed by atoms with van der Waals surface area (Å²) in [5.74, 6) is 0.541. The van der Waals surface area contributed by atoms with Gasteiger partial charge in [-0.15, -0.1) is 0 Å². The second kappa shape index (κ2) is 5.85. The highest BCUT2D eigenvalue weighted by Crippen LogP contribution is 2.20. The van der Waals surface area contributed by atoms with Gasteiger partial charge in [-0.2, -0.15) is 0 Å². The third kappa shape index (κ3) is 3.70. The number of halogens is 1. The molecule has 1 fully saturated rings. The predicted molar refractivity (Wildman–Crippen MR) is 73.8 cm³/mol. The fourth-order valence-corrected chi connectivity index (χ4v) is 2.68. The summed E-state index contributed by atoms with van der Waals surface area (Å²) in [4.78, 5) is 2.53.